The molecular formula is C30H32F2N4O3. The van der Waals surface area contributed by atoms with E-state index in [-0.39, 0.29) is 25.4 Å². The lowest BCUT2D eigenvalue weighted by atomic mass is 9.62. The van der Waals surface area contributed by atoms with E-state index < -0.39 is 29.7 Å². The molecule has 1 aromatic heterocycles. The molecule has 3 aromatic carbocycles. The summed E-state index contributed by atoms with van der Waals surface area (Å²) in [6, 6.07) is 26.4. The monoisotopic (exact) mass is 534 g/mol. The summed E-state index contributed by atoms with van der Waals surface area (Å²) in [6.07, 6.45) is -0.642. The number of halogens is 2. The number of aromatic nitrogens is 1. The molecule has 0 amide bonds. The molecule has 4 aromatic rings. The molecule has 39 heavy (non-hydrogen) atoms. The summed E-state index contributed by atoms with van der Waals surface area (Å²) >= 11 is 0. The normalized spacial score (nSPS) is 22.6. The van der Waals surface area contributed by atoms with Crippen molar-refractivity contribution in [2.75, 3.05) is 23.3 Å². The Hall–Kier alpha value is -3.95. The Bertz CT molecular complexity index is 1230. The van der Waals surface area contributed by atoms with Gasteiger partial charge in [0.05, 0.1) is 35.0 Å². The van der Waals surface area contributed by atoms with E-state index in [2.05, 4.69) is 10.5 Å². The topological polar surface area (TPSA) is 74.0 Å². The fourth-order valence-electron chi connectivity index (χ4n) is 5.76. The van der Waals surface area contributed by atoms with E-state index in [0.717, 1.165) is 5.56 Å². The maximum absolute atomic E-state index is 16.6. The van der Waals surface area contributed by atoms with E-state index in [1.54, 1.807) is 55.5 Å². The number of anilines is 2. The minimum Gasteiger partial charge on any atom is -0.469 e. The summed E-state index contributed by atoms with van der Waals surface area (Å²) in [7, 11) is 0. The average Bonchev–Trinajstić information content (AvgIpc) is 3.50. The van der Waals surface area contributed by atoms with Crippen molar-refractivity contribution in [1.29, 1.82) is 0 Å². The second-order valence-corrected chi connectivity index (χ2v) is 9.87. The van der Waals surface area contributed by atoms with E-state index in [1.807, 2.05) is 42.5 Å². The highest BCUT2D eigenvalue weighted by molar-refractivity contribution is 5.49. The highest BCUT2D eigenvalue weighted by Gasteiger charge is 2.60. The molecule has 1 aliphatic heterocycles. The third-order valence-corrected chi connectivity index (χ3v) is 7.45. The van der Waals surface area contributed by atoms with Crippen LogP contribution in [0.3, 0.4) is 0 Å². The number of aliphatic hydroxyl groups is 1. The Kier molecular flexibility index (Phi) is 8.09. The van der Waals surface area contributed by atoms with Crippen LogP contribution in [0.25, 0.3) is 0 Å². The van der Waals surface area contributed by atoms with E-state index in [9.17, 15) is 5.11 Å². The smallest absolute Gasteiger partial charge is 0.254 e. The Morgan fingerprint density at radius 3 is 1.87 bits per heavy atom. The van der Waals surface area contributed by atoms with E-state index in [1.165, 1.54) is 12.3 Å². The van der Waals surface area contributed by atoms with Gasteiger partial charge in [-0.25, -0.2) is 10.2 Å². The van der Waals surface area contributed by atoms with E-state index in [4.69, 9.17) is 9.26 Å². The van der Waals surface area contributed by atoms with Gasteiger partial charge in [0, 0.05) is 19.2 Å². The van der Waals surface area contributed by atoms with Gasteiger partial charge in [-0.1, -0.05) is 75.7 Å². The van der Waals surface area contributed by atoms with Crippen LogP contribution >= 0.6 is 0 Å². The van der Waals surface area contributed by atoms with Crippen molar-refractivity contribution in [1.82, 2.24) is 10.5 Å². The zero-order chi connectivity index (χ0) is 27.2. The fourth-order valence-corrected chi connectivity index (χ4v) is 5.76. The third kappa shape index (κ3) is 5.46. The standard InChI is InChI=1S/C30H32F2N4O3/c1-22(37)29(39-28-17-18-38-34-28)30(19-23-11-5-2-6-12-23)26(35(31)24-13-7-3-8-14-24)20-33-21-27(30)36(32)25-15-9-4-10-16-25/h2-18,22,26-27,29,33,37H,19-21H2,1H3. The summed E-state index contributed by atoms with van der Waals surface area (Å²) in [6.45, 7) is 1.94. The van der Waals surface area contributed by atoms with Gasteiger partial charge in [0.2, 0.25) is 0 Å². The number of benzene rings is 3. The molecule has 0 radical (unpaired) electrons. The molecule has 0 aliphatic carbocycles. The second kappa shape index (κ2) is 11.8. The molecule has 4 atom stereocenters. The van der Waals surface area contributed by atoms with Crippen LogP contribution in [0.2, 0.25) is 0 Å². The second-order valence-electron chi connectivity index (χ2n) is 9.87. The lowest BCUT2D eigenvalue weighted by molar-refractivity contribution is -0.0905. The predicted octanol–water partition coefficient (Wildman–Crippen LogP) is 5.15. The highest BCUT2D eigenvalue weighted by Crippen LogP contribution is 2.47. The number of aliphatic hydroxyl groups excluding tert-OH is 1. The van der Waals surface area contributed by atoms with E-state index in [0.29, 0.717) is 21.6 Å². The molecule has 9 heteroatoms. The van der Waals surface area contributed by atoms with Gasteiger partial charge in [-0.15, -0.1) is 0 Å². The molecule has 1 saturated heterocycles. The van der Waals surface area contributed by atoms with Crippen molar-refractivity contribution in [2.24, 2.45) is 5.41 Å². The molecule has 7 nitrogen and oxygen atoms in total. The summed E-state index contributed by atoms with van der Waals surface area (Å²) in [5.74, 6) is 0.125. The Morgan fingerprint density at radius 2 is 1.41 bits per heavy atom. The molecule has 204 valence electrons. The molecule has 0 saturated carbocycles. The van der Waals surface area contributed by atoms with Crippen LogP contribution in [-0.2, 0) is 6.42 Å². The number of hydrogen-bond donors (Lipinski definition) is 2. The molecule has 1 aliphatic rings. The minimum absolute atomic E-state index is 0.125. The van der Waals surface area contributed by atoms with Gasteiger partial charge >= 0.3 is 0 Å². The van der Waals surface area contributed by atoms with E-state index >= 15 is 8.96 Å². The van der Waals surface area contributed by atoms with Gasteiger partial charge in [0.1, 0.15) is 12.4 Å². The fraction of sp³-hybridized carbons (Fsp3) is 0.300. The zero-order valence-corrected chi connectivity index (χ0v) is 21.6. The largest absolute Gasteiger partial charge is 0.469 e. The first-order chi connectivity index (χ1) is 19.0. The summed E-state index contributed by atoms with van der Waals surface area (Å²) in [5, 5.41) is 19.7. The van der Waals surface area contributed by atoms with Crippen molar-refractivity contribution >= 4 is 11.4 Å². The Morgan fingerprint density at radius 1 is 0.897 bits per heavy atom. The van der Waals surface area contributed by atoms with Crippen molar-refractivity contribution < 1.29 is 23.3 Å². The lowest BCUT2D eigenvalue weighted by Crippen LogP contribution is -2.73. The number of piperidine rings is 1. The number of para-hydroxylation sites is 2. The van der Waals surface area contributed by atoms with Crippen LogP contribution in [0.5, 0.6) is 5.88 Å². The van der Waals surface area contributed by atoms with Crippen LogP contribution in [0.15, 0.2) is 108 Å². The zero-order valence-electron chi connectivity index (χ0n) is 21.6. The summed E-state index contributed by atoms with van der Waals surface area (Å²) in [4.78, 5) is 0. The van der Waals surface area contributed by atoms with Crippen LogP contribution in [0.4, 0.5) is 20.3 Å². The molecule has 0 spiro atoms. The van der Waals surface area contributed by atoms with Gasteiger partial charge in [0.15, 0.2) is 0 Å². The number of ether oxygens (including phenoxy) is 1. The van der Waals surface area contributed by atoms with Crippen molar-refractivity contribution in [3.63, 3.8) is 0 Å². The molecule has 0 bridgehead atoms. The van der Waals surface area contributed by atoms with Crippen molar-refractivity contribution in [3.05, 3.63) is 109 Å². The average molecular weight is 535 g/mol. The quantitative estimate of drug-likeness (QED) is 0.273. The summed E-state index contributed by atoms with van der Waals surface area (Å²) < 4.78 is 44.6. The predicted molar refractivity (Wildman–Crippen MR) is 146 cm³/mol. The number of nitrogens with zero attached hydrogens (tertiary/aromatic N) is 3. The van der Waals surface area contributed by atoms with Gasteiger partial charge in [-0.2, -0.15) is 0 Å². The maximum Gasteiger partial charge on any atom is 0.254 e. The van der Waals surface area contributed by atoms with Crippen LogP contribution < -0.4 is 20.3 Å². The first-order valence-corrected chi connectivity index (χ1v) is 13.0. The number of hydrogen-bond acceptors (Lipinski definition) is 7. The summed E-state index contributed by atoms with van der Waals surface area (Å²) in [5.41, 5.74) is 0.151. The molecular weight excluding hydrogens is 502 g/mol. The lowest BCUT2D eigenvalue weighted by Gasteiger charge is -2.56. The first-order valence-electron chi connectivity index (χ1n) is 13.0. The first kappa shape index (κ1) is 26.6. The van der Waals surface area contributed by atoms with Crippen molar-refractivity contribution in [2.45, 2.75) is 37.6 Å². The molecule has 2 heterocycles. The Balaban J connectivity index is 1.72. The molecule has 1 fully saturated rings. The van der Waals surface area contributed by atoms with Crippen LogP contribution in [0.1, 0.15) is 12.5 Å². The Labute approximate surface area is 226 Å². The van der Waals surface area contributed by atoms with Gasteiger partial charge in [-0.05, 0) is 48.3 Å². The minimum atomic E-state index is -1.34. The molecule has 5 rings (SSSR count). The number of nitrogens with one attached hydrogen (secondary N) is 1. The molecule has 2 N–H and O–H groups in total. The number of rotatable bonds is 10. The van der Waals surface area contributed by atoms with Gasteiger partial charge in [0.25, 0.3) is 5.88 Å². The highest BCUT2D eigenvalue weighted by atomic mass is 19.2. The maximum atomic E-state index is 16.6. The van der Waals surface area contributed by atoms with Crippen LogP contribution in [-0.4, -0.2) is 47.6 Å². The van der Waals surface area contributed by atoms with Gasteiger partial charge < -0.3 is 19.7 Å². The van der Waals surface area contributed by atoms with Crippen LogP contribution in [0, 0.1) is 5.41 Å². The third-order valence-electron chi connectivity index (χ3n) is 7.45. The molecule has 4 unspecified atom stereocenters. The van der Waals surface area contributed by atoms with Crippen molar-refractivity contribution in [3.8, 4) is 5.88 Å². The van der Waals surface area contributed by atoms with Gasteiger partial charge in [-0.3, -0.25) is 0 Å². The SMILES string of the molecule is CC(O)C(Oc1ccon1)C1(Cc2ccccc2)C(N(F)c2ccccc2)CNCC1N(F)c1ccccc1.